The molecule has 1 aliphatic rings. The number of anilines is 1. The van der Waals surface area contributed by atoms with Gasteiger partial charge in [0, 0.05) is 17.5 Å². The highest BCUT2D eigenvalue weighted by molar-refractivity contribution is 6.29. The first kappa shape index (κ1) is 9.74. The molecule has 0 bridgehead atoms. The summed E-state index contributed by atoms with van der Waals surface area (Å²) < 4.78 is 0. The highest BCUT2D eigenvalue weighted by Crippen LogP contribution is 2.40. The molecule has 4 heteroatoms. The van der Waals surface area contributed by atoms with Crippen LogP contribution in [0.1, 0.15) is 25.5 Å². The molecule has 0 saturated heterocycles. The van der Waals surface area contributed by atoms with Gasteiger partial charge in [-0.25, -0.2) is 4.98 Å². The molecule has 0 spiro atoms. The van der Waals surface area contributed by atoms with E-state index < -0.39 is 6.10 Å². The van der Waals surface area contributed by atoms with Gasteiger partial charge in [0.15, 0.2) is 0 Å². The molecule has 0 aromatic carbocycles. The van der Waals surface area contributed by atoms with Crippen LogP contribution >= 0.6 is 11.6 Å². The lowest BCUT2D eigenvalue weighted by atomic mass is 9.80. The number of pyridine rings is 1. The maximum Gasteiger partial charge on any atom is 0.133 e. The molecule has 2 heterocycles. The molecular formula is C10H13ClN2O. The first-order chi connectivity index (χ1) is 6.50. The predicted molar refractivity (Wildman–Crippen MR) is 56.5 cm³/mol. The van der Waals surface area contributed by atoms with Gasteiger partial charge < -0.3 is 10.4 Å². The number of hydrogen-bond acceptors (Lipinski definition) is 3. The SMILES string of the molecule is CC1(C)CNc2nc(Cl)ccc2C1O. The molecule has 3 nitrogen and oxygen atoms in total. The third kappa shape index (κ3) is 1.47. The van der Waals surface area contributed by atoms with Crippen LogP contribution in [-0.4, -0.2) is 16.6 Å². The Morgan fingerprint density at radius 2 is 2.29 bits per heavy atom. The van der Waals surface area contributed by atoms with Crippen LogP contribution in [0.2, 0.25) is 5.15 Å². The van der Waals surface area contributed by atoms with Gasteiger partial charge in [-0.1, -0.05) is 25.4 Å². The molecule has 14 heavy (non-hydrogen) atoms. The van der Waals surface area contributed by atoms with E-state index in [4.69, 9.17) is 11.6 Å². The molecule has 1 aliphatic heterocycles. The average Bonchev–Trinajstić information content (AvgIpc) is 2.12. The Hall–Kier alpha value is -0.800. The number of fused-ring (bicyclic) bond motifs is 1. The van der Waals surface area contributed by atoms with Crippen LogP contribution in [0.3, 0.4) is 0 Å². The molecule has 0 fully saturated rings. The van der Waals surface area contributed by atoms with Gasteiger partial charge in [0.25, 0.3) is 0 Å². The fraction of sp³-hybridized carbons (Fsp3) is 0.500. The molecule has 0 saturated carbocycles. The maximum absolute atomic E-state index is 10.1. The topological polar surface area (TPSA) is 45.2 Å². The van der Waals surface area contributed by atoms with Crippen LogP contribution in [-0.2, 0) is 0 Å². The Kier molecular flexibility index (Phi) is 2.16. The standard InChI is InChI=1S/C10H13ClN2O/c1-10(2)5-12-9-6(8(10)14)3-4-7(11)13-9/h3-4,8,14H,5H2,1-2H3,(H,12,13). The molecular weight excluding hydrogens is 200 g/mol. The Morgan fingerprint density at radius 3 is 3.00 bits per heavy atom. The highest BCUT2D eigenvalue weighted by Gasteiger charge is 2.35. The van der Waals surface area contributed by atoms with Crippen molar-refractivity contribution in [2.75, 3.05) is 11.9 Å². The van der Waals surface area contributed by atoms with Gasteiger partial charge in [-0.05, 0) is 12.1 Å². The minimum Gasteiger partial charge on any atom is -0.388 e. The zero-order valence-corrected chi connectivity index (χ0v) is 8.97. The molecule has 76 valence electrons. The van der Waals surface area contributed by atoms with Crippen LogP contribution in [0.25, 0.3) is 0 Å². The molecule has 1 aromatic rings. The van der Waals surface area contributed by atoms with Crippen molar-refractivity contribution in [1.29, 1.82) is 0 Å². The lowest BCUT2D eigenvalue weighted by Crippen LogP contribution is -2.35. The molecule has 2 rings (SSSR count). The monoisotopic (exact) mass is 212 g/mol. The van der Waals surface area contributed by atoms with Crippen molar-refractivity contribution in [3.63, 3.8) is 0 Å². The van der Waals surface area contributed by atoms with Gasteiger partial charge in [0.05, 0.1) is 6.10 Å². The minimum absolute atomic E-state index is 0.164. The van der Waals surface area contributed by atoms with Crippen molar-refractivity contribution in [2.45, 2.75) is 20.0 Å². The van der Waals surface area contributed by atoms with Gasteiger partial charge in [-0.15, -0.1) is 0 Å². The summed E-state index contributed by atoms with van der Waals surface area (Å²) in [7, 11) is 0. The van der Waals surface area contributed by atoms with E-state index in [1.807, 2.05) is 19.9 Å². The van der Waals surface area contributed by atoms with Gasteiger partial charge in [-0.3, -0.25) is 0 Å². The smallest absolute Gasteiger partial charge is 0.133 e. The molecule has 2 N–H and O–H groups in total. The molecule has 0 radical (unpaired) electrons. The number of nitrogens with zero attached hydrogens (tertiary/aromatic N) is 1. The van der Waals surface area contributed by atoms with Crippen LogP contribution in [0.5, 0.6) is 0 Å². The van der Waals surface area contributed by atoms with Crippen LogP contribution in [0, 0.1) is 5.41 Å². The highest BCUT2D eigenvalue weighted by atomic mass is 35.5. The first-order valence-electron chi connectivity index (χ1n) is 4.59. The van der Waals surface area contributed by atoms with Crippen molar-refractivity contribution in [1.82, 2.24) is 4.98 Å². The fourth-order valence-electron chi connectivity index (χ4n) is 1.64. The Labute approximate surface area is 88.1 Å². The summed E-state index contributed by atoms with van der Waals surface area (Å²) in [6, 6.07) is 3.52. The zero-order valence-electron chi connectivity index (χ0n) is 8.21. The third-order valence-electron chi connectivity index (χ3n) is 2.64. The fourth-order valence-corrected chi connectivity index (χ4v) is 1.79. The second-order valence-electron chi connectivity index (χ2n) is 4.32. The number of nitrogens with one attached hydrogen (secondary N) is 1. The van der Waals surface area contributed by atoms with Crippen molar-refractivity contribution in [2.24, 2.45) is 5.41 Å². The normalized spacial score (nSPS) is 23.9. The summed E-state index contributed by atoms with van der Waals surface area (Å²) in [5, 5.41) is 13.7. The Balaban J connectivity index is 2.46. The van der Waals surface area contributed by atoms with Crippen molar-refractivity contribution in [3.05, 3.63) is 22.8 Å². The van der Waals surface area contributed by atoms with Gasteiger partial charge in [-0.2, -0.15) is 0 Å². The summed E-state index contributed by atoms with van der Waals surface area (Å²) in [6.45, 7) is 4.74. The lowest BCUT2D eigenvalue weighted by Gasteiger charge is -2.36. The average molecular weight is 213 g/mol. The van der Waals surface area contributed by atoms with Crippen molar-refractivity contribution >= 4 is 17.4 Å². The second kappa shape index (κ2) is 3.11. The van der Waals surface area contributed by atoms with E-state index in [0.717, 1.165) is 5.56 Å². The molecule has 1 atom stereocenters. The lowest BCUT2D eigenvalue weighted by molar-refractivity contribution is 0.0535. The second-order valence-corrected chi connectivity index (χ2v) is 4.70. The summed E-state index contributed by atoms with van der Waals surface area (Å²) in [6.07, 6.45) is -0.483. The van der Waals surface area contributed by atoms with E-state index in [2.05, 4.69) is 10.3 Å². The molecule has 0 aliphatic carbocycles. The quantitative estimate of drug-likeness (QED) is 0.649. The number of aliphatic hydroxyl groups is 1. The number of rotatable bonds is 0. The minimum atomic E-state index is -0.483. The number of aromatic nitrogens is 1. The van der Waals surface area contributed by atoms with E-state index >= 15 is 0 Å². The summed E-state index contributed by atoms with van der Waals surface area (Å²) >= 11 is 5.76. The van der Waals surface area contributed by atoms with E-state index in [9.17, 15) is 5.11 Å². The van der Waals surface area contributed by atoms with E-state index in [1.54, 1.807) is 6.07 Å². The van der Waals surface area contributed by atoms with Crippen molar-refractivity contribution < 1.29 is 5.11 Å². The summed E-state index contributed by atoms with van der Waals surface area (Å²) in [5.41, 5.74) is 0.660. The Morgan fingerprint density at radius 1 is 1.57 bits per heavy atom. The van der Waals surface area contributed by atoms with E-state index in [1.165, 1.54) is 0 Å². The van der Waals surface area contributed by atoms with Crippen LogP contribution < -0.4 is 5.32 Å². The molecule has 1 aromatic heterocycles. The number of aliphatic hydroxyl groups excluding tert-OH is 1. The van der Waals surface area contributed by atoms with E-state index in [-0.39, 0.29) is 5.41 Å². The third-order valence-corrected chi connectivity index (χ3v) is 2.85. The number of hydrogen-bond donors (Lipinski definition) is 2. The van der Waals surface area contributed by atoms with Gasteiger partial charge >= 0.3 is 0 Å². The predicted octanol–water partition coefficient (Wildman–Crippen LogP) is 2.22. The van der Waals surface area contributed by atoms with E-state index in [0.29, 0.717) is 17.5 Å². The Bertz CT molecular complexity index is 365. The number of halogens is 1. The molecule has 1 unspecified atom stereocenters. The molecule has 0 amide bonds. The first-order valence-corrected chi connectivity index (χ1v) is 4.97. The maximum atomic E-state index is 10.1. The van der Waals surface area contributed by atoms with Gasteiger partial charge in [0.1, 0.15) is 11.0 Å². The van der Waals surface area contributed by atoms with Crippen LogP contribution in [0.4, 0.5) is 5.82 Å². The summed E-state index contributed by atoms with van der Waals surface area (Å²) in [4.78, 5) is 4.12. The largest absolute Gasteiger partial charge is 0.388 e. The van der Waals surface area contributed by atoms with Crippen molar-refractivity contribution in [3.8, 4) is 0 Å². The zero-order chi connectivity index (χ0) is 10.3. The summed E-state index contributed by atoms with van der Waals surface area (Å²) in [5.74, 6) is 0.698. The van der Waals surface area contributed by atoms with Gasteiger partial charge in [0.2, 0.25) is 0 Å². The van der Waals surface area contributed by atoms with Crippen LogP contribution in [0.15, 0.2) is 12.1 Å².